The Balaban J connectivity index is 3.01. The van der Waals surface area contributed by atoms with Gasteiger partial charge in [-0.3, -0.25) is 9.59 Å². The molecular weight excluding hydrogens is 312 g/mol. The smallest absolute Gasteiger partial charge is 0.273 e. The van der Waals surface area contributed by atoms with Crippen LogP contribution in [0.25, 0.3) is 0 Å². The molecule has 0 radical (unpaired) electrons. The number of rotatable bonds is 8. The molecule has 24 heavy (non-hydrogen) atoms. The summed E-state index contributed by atoms with van der Waals surface area (Å²) in [6.45, 7) is 3.44. The molecule has 1 N–H and O–H groups in total. The van der Waals surface area contributed by atoms with E-state index in [-0.39, 0.29) is 18.2 Å². The third-order valence-corrected chi connectivity index (χ3v) is 3.09. The summed E-state index contributed by atoms with van der Waals surface area (Å²) in [5.41, 5.74) is 2.36. The molecule has 0 fully saturated rings. The fraction of sp³-hybridized carbons (Fsp3) is 0.312. The van der Waals surface area contributed by atoms with Crippen LogP contribution < -0.4 is 5.32 Å². The van der Waals surface area contributed by atoms with Gasteiger partial charge in [0.1, 0.15) is 13.7 Å². The summed E-state index contributed by atoms with van der Waals surface area (Å²) >= 11 is 0. The Bertz CT molecular complexity index is 680. The van der Waals surface area contributed by atoms with Crippen molar-refractivity contribution in [3.8, 4) is 0 Å². The number of aliphatic imine (C=N–C) groups is 1. The van der Waals surface area contributed by atoms with Crippen molar-refractivity contribution < 1.29 is 19.3 Å². The predicted octanol–water partition coefficient (Wildman–Crippen LogP) is 1.29. The molecule has 0 atom stereocenters. The van der Waals surface area contributed by atoms with Gasteiger partial charge in [0.15, 0.2) is 5.71 Å². The first-order chi connectivity index (χ1) is 11.5. The predicted molar refractivity (Wildman–Crippen MR) is 91.1 cm³/mol. The van der Waals surface area contributed by atoms with E-state index in [4.69, 9.17) is 9.68 Å². The van der Waals surface area contributed by atoms with Crippen LogP contribution in [-0.4, -0.2) is 43.6 Å². The number of nitrogens with zero attached hydrogens (tertiary/aromatic N) is 3. The van der Waals surface area contributed by atoms with Gasteiger partial charge in [0, 0.05) is 18.2 Å². The number of likely N-dealkylation sites (N-methyl/N-ethyl adjacent to an activating group) is 1. The minimum atomic E-state index is -0.377. The zero-order chi connectivity index (χ0) is 17.9. The summed E-state index contributed by atoms with van der Waals surface area (Å²) in [6.07, 6.45) is 0.445. The standard InChI is InChI=1S/C16H20N4O4/c1-11(18-10-21)12(2)19-24-9-13-7-5-6-8-14(13)15(20-23-4)16(22)17-3/h5-8,10H,9H2,1-4H3,(H,17,22)/b18-11?,19-12-,20-15-. The number of hydrogen-bond acceptors (Lipinski definition) is 6. The quantitative estimate of drug-likeness (QED) is 0.440. The van der Waals surface area contributed by atoms with Crippen molar-refractivity contribution in [1.29, 1.82) is 0 Å². The van der Waals surface area contributed by atoms with E-state index in [1.54, 1.807) is 32.0 Å². The second-order valence-electron chi connectivity index (χ2n) is 4.63. The molecule has 2 amide bonds. The van der Waals surface area contributed by atoms with Gasteiger partial charge in [-0.25, -0.2) is 4.99 Å². The van der Waals surface area contributed by atoms with Crippen LogP contribution in [0.4, 0.5) is 0 Å². The van der Waals surface area contributed by atoms with Gasteiger partial charge in [0.2, 0.25) is 6.41 Å². The summed E-state index contributed by atoms with van der Waals surface area (Å²) in [7, 11) is 2.88. The number of carbonyl (C=O) groups is 2. The van der Waals surface area contributed by atoms with E-state index in [9.17, 15) is 9.59 Å². The molecule has 0 aliphatic heterocycles. The third kappa shape index (κ3) is 5.31. The van der Waals surface area contributed by atoms with E-state index < -0.39 is 0 Å². The van der Waals surface area contributed by atoms with E-state index in [0.717, 1.165) is 0 Å². The van der Waals surface area contributed by atoms with Gasteiger partial charge in [-0.1, -0.05) is 34.6 Å². The van der Waals surface area contributed by atoms with Gasteiger partial charge in [0.25, 0.3) is 5.91 Å². The van der Waals surface area contributed by atoms with Crippen LogP contribution in [0.1, 0.15) is 25.0 Å². The molecular formula is C16H20N4O4. The first kappa shape index (κ1) is 19.0. The first-order valence-electron chi connectivity index (χ1n) is 7.11. The van der Waals surface area contributed by atoms with Crippen molar-refractivity contribution in [2.45, 2.75) is 20.5 Å². The lowest BCUT2D eigenvalue weighted by Gasteiger charge is -2.10. The second-order valence-corrected chi connectivity index (χ2v) is 4.63. The van der Waals surface area contributed by atoms with E-state index in [1.165, 1.54) is 14.2 Å². The summed E-state index contributed by atoms with van der Waals surface area (Å²) in [6, 6.07) is 7.12. The minimum Gasteiger partial charge on any atom is -0.398 e. The van der Waals surface area contributed by atoms with Crippen LogP contribution in [0.5, 0.6) is 0 Å². The highest BCUT2D eigenvalue weighted by Gasteiger charge is 2.17. The van der Waals surface area contributed by atoms with E-state index >= 15 is 0 Å². The summed E-state index contributed by atoms with van der Waals surface area (Å²) in [5, 5.41) is 10.2. The van der Waals surface area contributed by atoms with Gasteiger partial charge >= 0.3 is 0 Å². The number of amides is 2. The van der Waals surface area contributed by atoms with Crippen LogP contribution >= 0.6 is 0 Å². The Kier molecular flexibility index (Phi) is 7.83. The Hall–Kier alpha value is -3.03. The Morgan fingerprint density at radius 2 is 1.92 bits per heavy atom. The molecule has 0 heterocycles. The third-order valence-electron chi connectivity index (χ3n) is 3.09. The molecule has 0 saturated carbocycles. The van der Waals surface area contributed by atoms with Crippen molar-refractivity contribution in [3.05, 3.63) is 35.4 Å². The number of hydrogen-bond donors (Lipinski definition) is 1. The van der Waals surface area contributed by atoms with Gasteiger partial charge in [-0.15, -0.1) is 0 Å². The molecule has 8 nitrogen and oxygen atoms in total. The van der Waals surface area contributed by atoms with Gasteiger partial charge < -0.3 is 15.0 Å². The molecule has 1 rings (SSSR count). The van der Waals surface area contributed by atoms with E-state index in [2.05, 4.69) is 20.6 Å². The van der Waals surface area contributed by atoms with Crippen LogP contribution in [0.2, 0.25) is 0 Å². The largest absolute Gasteiger partial charge is 0.398 e. The fourth-order valence-electron chi connectivity index (χ4n) is 1.74. The number of carbonyl (C=O) groups excluding carboxylic acids is 2. The molecule has 1 aromatic rings. The fourth-order valence-corrected chi connectivity index (χ4v) is 1.74. The average molecular weight is 332 g/mol. The number of oxime groups is 2. The van der Waals surface area contributed by atoms with Gasteiger partial charge in [-0.05, 0) is 13.8 Å². The van der Waals surface area contributed by atoms with Crippen molar-refractivity contribution >= 4 is 29.5 Å². The maximum Gasteiger partial charge on any atom is 0.273 e. The summed E-state index contributed by atoms with van der Waals surface area (Å²) in [5.74, 6) is -0.377. The summed E-state index contributed by atoms with van der Waals surface area (Å²) < 4.78 is 0. The maximum atomic E-state index is 12.0. The normalized spacial score (nSPS) is 12.6. The second kappa shape index (κ2) is 9.88. The SMILES string of the molecule is CNC(=O)/C(=N\OC)c1ccccc1CO/N=C(/C)C(C)=NC=O. The Morgan fingerprint density at radius 1 is 1.21 bits per heavy atom. The Morgan fingerprint density at radius 3 is 2.54 bits per heavy atom. The van der Waals surface area contributed by atoms with Gasteiger partial charge in [-0.2, -0.15) is 0 Å². The molecule has 0 saturated heterocycles. The summed E-state index contributed by atoms with van der Waals surface area (Å²) in [4.78, 5) is 35.9. The van der Waals surface area contributed by atoms with Crippen molar-refractivity contribution in [1.82, 2.24) is 5.32 Å². The van der Waals surface area contributed by atoms with E-state index in [0.29, 0.717) is 29.0 Å². The van der Waals surface area contributed by atoms with Crippen molar-refractivity contribution in [3.63, 3.8) is 0 Å². The number of nitrogens with one attached hydrogen (secondary N) is 1. The van der Waals surface area contributed by atoms with Crippen LogP contribution in [0.3, 0.4) is 0 Å². The molecule has 8 heteroatoms. The highest BCUT2D eigenvalue weighted by atomic mass is 16.6. The topological polar surface area (TPSA) is 102 Å². The lowest BCUT2D eigenvalue weighted by Crippen LogP contribution is -2.29. The molecule has 0 aliphatic carbocycles. The van der Waals surface area contributed by atoms with Crippen molar-refractivity contribution in [2.75, 3.05) is 14.2 Å². The van der Waals surface area contributed by atoms with E-state index in [1.807, 2.05) is 6.07 Å². The zero-order valence-corrected chi connectivity index (χ0v) is 14.1. The van der Waals surface area contributed by atoms with Crippen LogP contribution in [0, 0.1) is 0 Å². The zero-order valence-electron chi connectivity index (χ0n) is 14.1. The molecule has 0 aromatic heterocycles. The van der Waals surface area contributed by atoms with Crippen LogP contribution in [0.15, 0.2) is 39.6 Å². The lowest BCUT2D eigenvalue weighted by molar-refractivity contribution is -0.114. The average Bonchev–Trinajstić information content (AvgIpc) is 2.59. The van der Waals surface area contributed by atoms with Crippen molar-refractivity contribution in [2.24, 2.45) is 15.3 Å². The molecule has 0 bridgehead atoms. The lowest BCUT2D eigenvalue weighted by atomic mass is 10.0. The first-order valence-corrected chi connectivity index (χ1v) is 7.11. The van der Waals surface area contributed by atoms with Gasteiger partial charge in [0.05, 0.1) is 11.4 Å². The molecule has 128 valence electrons. The van der Waals surface area contributed by atoms with Crippen LogP contribution in [-0.2, 0) is 25.9 Å². The minimum absolute atomic E-state index is 0.113. The monoisotopic (exact) mass is 332 g/mol. The maximum absolute atomic E-state index is 12.0. The molecule has 0 aliphatic rings. The molecule has 0 unspecified atom stereocenters. The Labute approximate surface area is 140 Å². The highest BCUT2D eigenvalue weighted by Crippen LogP contribution is 2.12. The molecule has 0 spiro atoms. The highest BCUT2D eigenvalue weighted by molar-refractivity contribution is 6.45. The molecule has 1 aromatic carbocycles. The number of benzene rings is 1.